The van der Waals surface area contributed by atoms with E-state index in [-0.39, 0.29) is 18.9 Å². The van der Waals surface area contributed by atoms with Crippen molar-refractivity contribution in [2.75, 3.05) is 27.2 Å². The standard InChI is InChI=1S/C20H35NO6.C15H27NO4/c1-6-7-8-9-10-11-12-15-17(22)26-16(18(23)25-15)13-14-21(5)19(24)27-20(2,3)4;1-3-4-5-6-7-8-9-12-14(17)20-13(10-11-16-2)15(18)19-12/h15-16H,6-14H2,1-5H3;12-13,16H,3-11H2,1-2H3. The lowest BCUT2D eigenvalue weighted by atomic mass is 10.1. The Morgan fingerprint density at radius 1 is 0.638 bits per heavy atom. The quantitative estimate of drug-likeness (QED) is 0.0922. The fourth-order valence-electron chi connectivity index (χ4n) is 5.00. The van der Waals surface area contributed by atoms with E-state index in [1.807, 2.05) is 0 Å². The number of esters is 4. The van der Waals surface area contributed by atoms with Gasteiger partial charge in [-0.05, 0) is 60.0 Å². The highest BCUT2D eigenvalue weighted by Crippen LogP contribution is 2.20. The maximum absolute atomic E-state index is 12.1. The fourth-order valence-corrected chi connectivity index (χ4v) is 5.00. The number of rotatable bonds is 20. The molecule has 2 saturated heterocycles. The van der Waals surface area contributed by atoms with Crippen molar-refractivity contribution in [2.24, 2.45) is 0 Å². The third kappa shape index (κ3) is 18.3. The molecule has 0 radical (unpaired) electrons. The molecule has 0 aromatic carbocycles. The summed E-state index contributed by atoms with van der Waals surface area (Å²) in [5, 5.41) is 2.92. The van der Waals surface area contributed by atoms with Gasteiger partial charge in [0.05, 0.1) is 0 Å². The smallest absolute Gasteiger partial charge is 0.410 e. The van der Waals surface area contributed by atoms with Gasteiger partial charge in [-0.3, -0.25) is 0 Å². The Labute approximate surface area is 282 Å². The molecule has 2 aliphatic heterocycles. The Morgan fingerprint density at radius 3 is 1.38 bits per heavy atom. The maximum Gasteiger partial charge on any atom is 0.410 e. The second-order valence-corrected chi connectivity index (χ2v) is 13.4. The van der Waals surface area contributed by atoms with Gasteiger partial charge in [-0.15, -0.1) is 0 Å². The van der Waals surface area contributed by atoms with E-state index in [2.05, 4.69) is 19.2 Å². The van der Waals surface area contributed by atoms with Gasteiger partial charge in [-0.1, -0.05) is 78.1 Å². The van der Waals surface area contributed by atoms with Gasteiger partial charge in [0.25, 0.3) is 0 Å². The maximum atomic E-state index is 12.1. The lowest BCUT2D eigenvalue weighted by Crippen LogP contribution is -2.45. The molecule has 0 aliphatic carbocycles. The number of ether oxygens (including phenoxy) is 5. The highest BCUT2D eigenvalue weighted by molar-refractivity contribution is 5.88. The van der Waals surface area contributed by atoms with Crippen molar-refractivity contribution < 1.29 is 47.7 Å². The summed E-state index contributed by atoms with van der Waals surface area (Å²) < 4.78 is 26.1. The predicted molar refractivity (Wildman–Crippen MR) is 178 cm³/mol. The Balaban J connectivity index is 0.000000491. The van der Waals surface area contributed by atoms with Crippen LogP contribution in [0.2, 0.25) is 0 Å². The molecule has 1 N–H and O–H groups in total. The minimum absolute atomic E-state index is 0.185. The van der Waals surface area contributed by atoms with Gasteiger partial charge < -0.3 is 33.9 Å². The van der Waals surface area contributed by atoms with E-state index in [1.165, 1.54) is 49.8 Å². The lowest BCUT2D eigenvalue weighted by molar-refractivity contribution is -0.196. The van der Waals surface area contributed by atoms with Crippen LogP contribution in [0.1, 0.15) is 137 Å². The van der Waals surface area contributed by atoms with Crippen molar-refractivity contribution >= 4 is 30.0 Å². The zero-order chi connectivity index (χ0) is 35.2. The number of carbonyl (C=O) groups is 5. The highest BCUT2D eigenvalue weighted by atomic mass is 16.7. The first kappa shape index (κ1) is 42.1. The molecule has 1 amide bonds. The largest absolute Gasteiger partial charge is 0.448 e. The number of nitrogens with one attached hydrogen (secondary N) is 1. The van der Waals surface area contributed by atoms with Crippen LogP contribution in [0.5, 0.6) is 0 Å². The predicted octanol–water partition coefficient (Wildman–Crippen LogP) is 6.01. The van der Waals surface area contributed by atoms with Gasteiger partial charge in [-0.2, -0.15) is 0 Å². The van der Waals surface area contributed by atoms with Gasteiger partial charge in [0.15, 0.2) is 18.3 Å². The zero-order valence-corrected chi connectivity index (χ0v) is 30.1. The number of hydrogen-bond donors (Lipinski definition) is 1. The van der Waals surface area contributed by atoms with Crippen LogP contribution < -0.4 is 5.32 Å². The molecule has 2 heterocycles. The molecular weight excluding hydrogens is 608 g/mol. The van der Waals surface area contributed by atoms with Crippen molar-refractivity contribution in [1.82, 2.24) is 10.2 Å². The summed E-state index contributed by atoms with van der Waals surface area (Å²) in [5.74, 6) is -1.83. The Kier molecular flexibility index (Phi) is 21.0. The highest BCUT2D eigenvalue weighted by Gasteiger charge is 2.38. The van der Waals surface area contributed by atoms with Crippen molar-refractivity contribution in [1.29, 1.82) is 0 Å². The average Bonchev–Trinajstić information content (AvgIpc) is 3.01. The van der Waals surface area contributed by atoms with E-state index >= 15 is 0 Å². The molecule has 2 rings (SSSR count). The van der Waals surface area contributed by atoms with E-state index in [9.17, 15) is 24.0 Å². The first-order valence-electron chi connectivity index (χ1n) is 17.7. The summed E-state index contributed by atoms with van der Waals surface area (Å²) in [6, 6.07) is 0. The third-order valence-corrected chi connectivity index (χ3v) is 7.81. The topological polar surface area (TPSA) is 147 Å². The molecule has 272 valence electrons. The first-order chi connectivity index (χ1) is 22.3. The minimum Gasteiger partial charge on any atom is -0.448 e. The molecule has 12 nitrogen and oxygen atoms in total. The van der Waals surface area contributed by atoms with Crippen LogP contribution in [-0.4, -0.2) is 92.1 Å². The van der Waals surface area contributed by atoms with Gasteiger partial charge in [0.1, 0.15) is 5.60 Å². The van der Waals surface area contributed by atoms with Crippen LogP contribution in [-0.2, 0) is 42.9 Å². The van der Waals surface area contributed by atoms with Crippen LogP contribution >= 0.6 is 0 Å². The third-order valence-electron chi connectivity index (χ3n) is 7.81. The van der Waals surface area contributed by atoms with Crippen LogP contribution in [0.3, 0.4) is 0 Å². The van der Waals surface area contributed by atoms with E-state index in [0.29, 0.717) is 25.8 Å². The molecule has 47 heavy (non-hydrogen) atoms. The monoisotopic (exact) mass is 670 g/mol. The number of cyclic esters (lactones) is 4. The Morgan fingerprint density at radius 2 is 1.00 bits per heavy atom. The molecule has 0 bridgehead atoms. The normalized spacial score (nSPS) is 21.1. The molecule has 0 aromatic rings. The van der Waals surface area contributed by atoms with Crippen LogP contribution in [0, 0.1) is 0 Å². The van der Waals surface area contributed by atoms with Crippen LogP contribution in [0.4, 0.5) is 4.79 Å². The molecule has 4 atom stereocenters. The van der Waals surface area contributed by atoms with Gasteiger partial charge in [0, 0.05) is 26.4 Å². The SMILES string of the molecule is CCCCCCCCC1OC(=O)C(CCN(C)C(=O)OC(C)(C)C)OC1=O.CCCCCCCCC1OC(=O)C(CCNC)OC1=O. The number of carbonyl (C=O) groups excluding carboxylic acids is 5. The summed E-state index contributed by atoms with van der Waals surface area (Å²) in [6.45, 7) is 10.5. The first-order valence-corrected chi connectivity index (χ1v) is 17.7. The van der Waals surface area contributed by atoms with Gasteiger partial charge >= 0.3 is 30.0 Å². The zero-order valence-electron chi connectivity index (χ0n) is 30.1. The molecule has 4 unspecified atom stereocenters. The van der Waals surface area contributed by atoms with Crippen molar-refractivity contribution in [2.45, 2.75) is 167 Å². The summed E-state index contributed by atoms with van der Waals surface area (Å²) in [4.78, 5) is 60.9. The number of nitrogens with zero attached hydrogens (tertiary/aromatic N) is 1. The van der Waals surface area contributed by atoms with Crippen molar-refractivity contribution in [3.05, 3.63) is 0 Å². The average molecular weight is 671 g/mol. The second-order valence-electron chi connectivity index (χ2n) is 13.4. The molecule has 0 spiro atoms. The molecule has 2 fully saturated rings. The van der Waals surface area contributed by atoms with E-state index in [4.69, 9.17) is 23.7 Å². The van der Waals surface area contributed by atoms with Gasteiger partial charge in [0.2, 0.25) is 6.10 Å². The Bertz CT molecular complexity index is 951. The summed E-state index contributed by atoms with van der Waals surface area (Å²) in [6.07, 6.45) is 11.5. The van der Waals surface area contributed by atoms with E-state index in [1.54, 1.807) is 34.9 Å². The van der Waals surface area contributed by atoms with Crippen LogP contribution in [0.25, 0.3) is 0 Å². The van der Waals surface area contributed by atoms with Gasteiger partial charge in [-0.25, -0.2) is 24.0 Å². The minimum atomic E-state index is -0.969. The molecule has 12 heteroatoms. The molecule has 0 saturated carbocycles. The lowest BCUT2D eigenvalue weighted by Gasteiger charge is -2.29. The Hall–Kier alpha value is -2.89. The summed E-state index contributed by atoms with van der Waals surface area (Å²) in [7, 11) is 3.36. The molecular formula is C35H62N2O10. The van der Waals surface area contributed by atoms with Crippen molar-refractivity contribution in [3.63, 3.8) is 0 Å². The second kappa shape index (κ2) is 23.4. The number of amides is 1. The van der Waals surface area contributed by atoms with E-state index in [0.717, 1.165) is 32.1 Å². The fraction of sp³-hybridized carbons (Fsp3) is 0.857. The molecule has 0 aromatic heterocycles. The van der Waals surface area contributed by atoms with Crippen LogP contribution in [0.15, 0.2) is 0 Å². The molecule has 2 aliphatic rings. The van der Waals surface area contributed by atoms with Crippen molar-refractivity contribution in [3.8, 4) is 0 Å². The summed E-state index contributed by atoms with van der Waals surface area (Å²) in [5.41, 5.74) is -0.592. The van der Waals surface area contributed by atoms with E-state index < -0.39 is 54.0 Å². The number of hydrogen-bond acceptors (Lipinski definition) is 11. The number of unbranched alkanes of at least 4 members (excludes halogenated alkanes) is 10. The summed E-state index contributed by atoms with van der Waals surface area (Å²) >= 11 is 0.